The van der Waals surface area contributed by atoms with Crippen LogP contribution in [0.15, 0.2) is 42.5 Å². The fourth-order valence-electron chi connectivity index (χ4n) is 3.46. The standard InChI is InChI=1S/C21H29NO6S/c1-21(2)17(10-9-15(23)12-16(24)13-19(25)28-3)22(20(26)27)18(29-21)11-14-7-5-4-6-8-14/h4-10,15-18,23-24H,11-13H2,1-3H3,(H,26,27)/t15-,16-,17-,18?/m0/s1. The van der Waals surface area contributed by atoms with Crippen molar-refractivity contribution in [3.8, 4) is 0 Å². The average Bonchev–Trinajstić information content (AvgIpc) is 2.89. The van der Waals surface area contributed by atoms with Crippen molar-refractivity contribution in [1.82, 2.24) is 4.90 Å². The lowest BCUT2D eigenvalue weighted by Crippen LogP contribution is -2.44. The van der Waals surface area contributed by atoms with Crippen molar-refractivity contribution < 1.29 is 29.6 Å². The van der Waals surface area contributed by atoms with Gasteiger partial charge < -0.3 is 20.1 Å². The second kappa shape index (κ2) is 10.1. The molecule has 0 aliphatic carbocycles. The Hall–Kier alpha value is -2.03. The highest BCUT2D eigenvalue weighted by Crippen LogP contribution is 2.46. The maximum absolute atomic E-state index is 12.0. The zero-order valence-corrected chi connectivity index (χ0v) is 17.7. The summed E-state index contributed by atoms with van der Waals surface area (Å²) in [4.78, 5) is 24.6. The highest BCUT2D eigenvalue weighted by Gasteiger charge is 2.48. The van der Waals surface area contributed by atoms with E-state index in [1.807, 2.05) is 44.2 Å². The minimum Gasteiger partial charge on any atom is -0.469 e. The number of benzene rings is 1. The van der Waals surface area contributed by atoms with E-state index in [1.165, 1.54) is 18.1 Å². The molecule has 4 atom stereocenters. The fraction of sp³-hybridized carbons (Fsp3) is 0.524. The van der Waals surface area contributed by atoms with Crippen molar-refractivity contribution >= 4 is 23.8 Å². The number of carbonyl (C=O) groups is 2. The smallest absolute Gasteiger partial charge is 0.408 e. The van der Waals surface area contributed by atoms with Crippen LogP contribution in [0, 0.1) is 0 Å². The monoisotopic (exact) mass is 423 g/mol. The van der Waals surface area contributed by atoms with Gasteiger partial charge in [0.15, 0.2) is 0 Å². The van der Waals surface area contributed by atoms with Crippen molar-refractivity contribution in [2.45, 2.75) is 61.5 Å². The maximum atomic E-state index is 12.0. The van der Waals surface area contributed by atoms with E-state index in [0.29, 0.717) is 6.42 Å². The number of aliphatic hydroxyl groups excluding tert-OH is 2. The summed E-state index contributed by atoms with van der Waals surface area (Å²) in [5, 5.41) is 29.6. The molecule has 0 aromatic heterocycles. The molecule has 2 rings (SSSR count). The van der Waals surface area contributed by atoms with Crippen LogP contribution in [0.3, 0.4) is 0 Å². The number of hydrogen-bond donors (Lipinski definition) is 3. The summed E-state index contributed by atoms with van der Waals surface area (Å²) < 4.78 is 4.11. The first-order valence-corrected chi connectivity index (χ1v) is 10.4. The minimum absolute atomic E-state index is 0.0353. The fourth-order valence-corrected chi connectivity index (χ4v) is 5.11. The molecule has 1 fully saturated rings. The molecule has 1 saturated heterocycles. The molecule has 1 unspecified atom stereocenters. The van der Waals surface area contributed by atoms with Gasteiger partial charge in [0.25, 0.3) is 0 Å². The van der Waals surface area contributed by atoms with E-state index in [4.69, 9.17) is 0 Å². The minimum atomic E-state index is -1.03. The summed E-state index contributed by atoms with van der Waals surface area (Å²) in [5.74, 6) is -0.553. The molecule has 1 aliphatic heterocycles. The number of amides is 1. The van der Waals surface area contributed by atoms with Gasteiger partial charge in [0, 0.05) is 17.6 Å². The third-order valence-corrected chi connectivity index (χ3v) is 6.41. The summed E-state index contributed by atoms with van der Waals surface area (Å²) in [5.41, 5.74) is 1.06. The topological polar surface area (TPSA) is 107 Å². The summed E-state index contributed by atoms with van der Waals surface area (Å²) in [6.45, 7) is 3.96. The Bertz CT molecular complexity index is 723. The Balaban J connectivity index is 2.09. The number of aliphatic hydroxyl groups is 2. The molecule has 0 radical (unpaired) electrons. The van der Waals surface area contributed by atoms with Gasteiger partial charge in [-0.3, -0.25) is 9.69 Å². The number of rotatable bonds is 8. The van der Waals surface area contributed by atoms with E-state index in [-0.39, 0.29) is 18.2 Å². The van der Waals surface area contributed by atoms with Gasteiger partial charge in [0.2, 0.25) is 0 Å². The molecule has 1 aromatic carbocycles. The quantitative estimate of drug-likeness (QED) is 0.436. The Labute approximate surface area is 175 Å². The molecule has 0 saturated carbocycles. The van der Waals surface area contributed by atoms with Gasteiger partial charge in [-0.15, -0.1) is 11.8 Å². The van der Waals surface area contributed by atoms with Crippen LogP contribution in [0.25, 0.3) is 0 Å². The van der Waals surface area contributed by atoms with Crippen LogP contribution in [0.4, 0.5) is 4.79 Å². The van der Waals surface area contributed by atoms with Crippen LogP contribution in [-0.2, 0) is 16.0 Å². The third kappa shape index (κ3) is 6.48. The van der Waals surface area contributed by atoms with Crippen molar-refractivity contribution in [1.29, 1.82) is 0 Å². The van der Waals surface area contributed by atoms with Gasteiger partial charge in [-0.1, -0.05) is 42.5 Å². The summed E-state index contributed by atoms with van der Waals surface area (Å²) in [6, 6.07) is 9.29. The number of ether oxygens (including phenoxy) is 1. The average molecular weight is 424 g/mol. The van der Waals surface area contributed by atoms with Crippen LogP contribution in [-0.4, -0.2) is 67.8 Å². The van der Waals surface area contributed by atoms with Crippen molar-refractivity contribution in [2.24, 2.45) is 0 Å². The van der Waals surface area contributed by atoms with E-state index in [0.717, 1.165) is 5.56 Å². The third-order valence-electron chi connectivity index (χ3n) is 4.90. The molecular formula is C21H29NO6S. The molecule has 1 heterocycles. The second-order valence-corrected chi connectivity index (χ2v) is 9.45. The Morgan fingerprint density at radius 2 is 1.93 bits per heavy atom. The number of nitrogens with zero attached hydrogens (tertiary/aromatic N) is 1. The molecule has 1 aromatic rings. The molecule has 1 aliphatic rings. The maximum Gasteiger partial charge on any atom is 0.408 e. The van der Waals surface area contributed by atoms with E-state index in [2.05, 4.69) is 4.74 Å². The number of hydrogen-bond acceptors (Lipinski definition) is 6. The first-order valence-electron chi connectivity index (χ1n) is 9.48. The number of esters is 1. The van der Waals surface area contributed by atoms with E-state index >= 15 is 0 Å². The van der Waals surface area contributed by atoms with E-state index in [9.17, 15) is 24.9 Å². The first-order chi connectivity index (χ1) is 13.6. The molecule has 1 amide bonds. The zero-order chi connectivity index (χ0) is 21.6. The Morgan fingerprint density at radius 1 is 1.28 bits per heavy atom. The molecule has 8 heteroatoms. The normalized spacial score (nSPS) is 23.1. The zero-order valence-electron chi connectivity index (χ0n) is 16.9. The molecule has 3 N–H and O–H groups in total. The Kier molecular flexibility index (Phi) is 8.13. The van der Waals surface area contributed by atoms with Gasteiger partial charge in [0.05, 0.1) is 37.2 Å². The lowest BCUT2D eigenvalue weighted by Gasteiger charge is -2.28. The van der Waals surface area contributed by atoms with Crippen molar-refractivity contribution in [3.05, 3.63) is 48.0 Å². The van der Waals surface area contributed by atoms with E-state index < -0.39 is 35.1 Å². The van der Waals surface area contributed by atoms with Crippen LogP contribution in [0.2, 0.25) is 0 Å². The van der Waals surface area contributed by atoms with Gasteiger partial charge in [-0.25, -0.2) is 4.79 Å². The largest absolute Gasteiger partial charge is 0.469 e. The predicted octanol–water partition coefficient (Wildman–Crippen LogP) is 2.66. The lowest BCUT2D eigenvalue weighted by molar-refractivity contribution is -0.143. The highest BCUT2D eigenvalue weighted by atomic mass is 32.2. The van der Waals surface area contributed by atoms with Crippen LogP contribution >= 0.6 is 11.8 Å². The summed E-state index contributed by atoms with van der Waals surface area (Å²) in [6.07, 6.45) is 0.480. The first kappa shape index (κ1) is 23.3. The number of carbonyl (C=O) groups excluding carboxylic acids is 1. The summed E-state index contributed by atoms with van der Waals surface area (Å²) >= 11 is 1.59. The number of carboxylic acid groups (broad SMARTS) is 1. The van der Waals surface area contributed by atoms with Crippen LogP contribution in [0.1, 0.15) is 32.3 Å². The van der Waals surface area contributed by atoms with Crippen LogP contribution < -0.4 is 0 Å². The Morgan fingerprint density at radius 3 is 2.52 bits per heavy atom. The van der Waals surface area contributed by atoms with E-state index in [1.54, 1.807) is 17.8 Å². The number of thioether (sulfide) groups is 1. The molecule has 0 bridgehead atoms. The van der Waals surface area contributed by atoms with Crippen LogP contribution in [0.5, 0.6) is 0 Å². The predicted molar refractivity (Wildman–Crippen MR) is 112 cm³/mol. The lowest BCUT2D eigenvalue weighted by atomic mass is 9.99. The molecular weight excluding hydrogens is 394 g/mol. The molecule has 29 heavy (non-hydrogen) atoms. The molecule has 0 spiro atoms. The highest BCUT2D eigenvalue weighted by molar-refractivity contribution is 8.01. The van der Waals surface area contributed by atoms with Crippen molar-refractivity contribution in [3.63, 3.8) is 0 Å². The number of methoxy groups -OCH3 is 1. The molecule has 160 valence electrons. The van der Waals surface area contributed by atoms with Gasteiger partial charge in [-0.2, -0.15) is 0 Å². The molecule has 7 nitrogen and oxygen atoms in total. The summed E-state index contributed by atoms with van der Waals surface area (Å²) in [7, 11) is 1.23. The second-order valence-electron chi connectivity index (χ2n) is 7.62. The van der Waals surface area contributed by atoms with Gasteiger partial charge >= 0.3 is 12.1 Å². The SMILES string of the molecule is COC(=O)C[C@@H](O)C[C@@H](O)C=C[C@@H]1N(C(=O)O)C(Cc2ccccc2)SC1(C)C. The van der Waals surface area contributed by atoms with Gasteiger partial charge in [-0.05, 0) is 19.4 Å². The van der Waals surface area contributed by atoms with Crippen molar-refractivity contribution in [2.75, 3.05) is 7.11 Å². The van der Waals surface area contributed by atoms with Gasteiger partial charge in [0.1, 0.15) is 0 Å².